The lowest BCUT2D eigenvalue weighted by atomic mass is 10.3. The van der Waals surface area contributed by atoms with Gasteiger partial charge in [-0.25, -0.2) is 4.79 Å². The maximum atomic E-state index is 11.1. The van der Waals surface area contributed by atoms with Crippen LogP contribution in [0, 0.1) is 0 Å². The summed E-state index contributed by atoms with van der Waals surface area (Å²) in [6, 6.07) is 4.88. The van der Waals surface area contributed by atoms with Gasteiger partial charge in [-0.1, -0.05) is 23.2 Å². The van der Waals surface area contributed by atoms with Crippen LogP contribution < -0.4 is 4.74 Å². The van der Waals surface area contributed by atoms with Gasteiger partial charge >= 0.3 is 5.97 Å². The minimum Gasteiger partial charge on any atom is -0.485 e. The van der Waals surface area contributed by atoms with E-state index < -0.39 is 12.4 Å². The molecule has 1 aliphatic rings. The summed E-state index contributed by atoms with van der Waals surface area (Å²) in [6.45, 7) is 1.72. The molecule has 17 heavy (non-hydrogen) atoms. The van der Waals surface area contributed by atoms with Gasteiger partial charge in [-0.3, -0.25) is 0 Å². The van der Waals surface area contributed by atoms with Gasteiger partial charge in [0.2, 0.25) is 6.29 Å². The van der Waals surface area contributed by atoms with Gasteiger partial charge in [0.05, 0.1) is 5.02 Å². The fraction of sp³-hybridized carbons (Fsp3) is 0.364. The molecule has 92 valence electrons. The first kappa shape index (κ1) is 12.5. The van der Waals surface area contributed by atoms with Crippen molar-refractivity contribution in [3.05, 3.63) is 28.2 Å². The molecule has 2 atom stereocenters. The van der Waals surface area contributed by atoms with E-state index in [0.29, 0.717) is 15.8 Å². The third-order valence-electron chi connectivity index (χ3n) is 2.20. The first-order valence-corrected chi connectivity index (χ1v) is 5.75. The fourth-order valence-electron chi connectivity index (χ4n) is 1.36. The van der Waals surface area contributed by atoms with E-state index in [4.69, 9.17) is 37.4 Å². The van der Waals surface area contributed by atoms with Crippen LogP contribution >= 0.6 is 23.2 Å². The monoisotopic (exact) mass is 276 g/mol. The zero-order valence-electron chi connectivity index (χ0n) is 8.98. The van der Waals surface area contributed by atoms with Gasteiger partial charge in [0.25, 0.3) is 0 Å². The molecule has 0 aliphatic carbocycles. The normalized spacial score (nSPS) is 23.6. The minimum absolute atomic E-state index is 0.0947. The molecular weight excluding hydrogens is 267 g/mol. The Balaban J connectivity index is 1.92. The van der Waals surface area contributed by atoms with E-state index >= 15 is 0 Å². The molecule has 2 unspecified atom stereocenters. The highest BCUT2D eigenvalue weighted by atomic mass is 35.5. The van der Waals surface area contributed by atoms with Crippen LogP contribution in [-0.2, 0) is 14.3 Å². The average molecular weight is 277 g/mol. The predicted molar refractivity (Wildman–Crippen MR) is 62.4 cm³/mol. The van der Waals surface area contributed by atoms with E-state index in [-0.39, 0.29) is 12.6 Å². The third-order valence-corrected chi connectivity index (χ3v) is 2.73. The number of cyclic esters (lactones) is 1. The molecule has 1 aromatic carbocycles. The molecule has 0 amide bonds. The van der Waals surface area contributed by atoms with Crippen molar-refractivity contribution >= 4 is 29.2 Å². The fourth-order valence-corrected chi connectivity index (χ4v) is 1.82. The molecule has 0 spiro atoms. The van der Waals surface area contributed by atoms with Crippen LogP contribution in [0.1, 0.15) is 6.92 Å². The Morgan fingerprint density at radius 1 is 1.41 bits per heavy atom. The number of halogens is 2. The summed E-state index contributed by atoms with van der Waals surface area (Å²) in [5.41, 5.74) is 0. The van der Waals surface area contributed by atoms with Gasteiger partial charge in [-0.05, 0) is 25.1 Å². The van der Waals surface area contributed by atoms with Crippen molar-refractivity contribution in [2.24, 2.45) is 0 Å². The van der Waals surface area contributed by atoms with Crippen LogP contribution in [0.15, 0.2) is 18.2 Å². The molecule has 0 saturated carbocycles. The van der Waals surface area contributed by atoms with E-state index in [1.54, 1.807) is 25.1 Å². The first-order valence-electron chi connectivity index (χ1n) is 5.00. The van der Waals surface area contributed by atoms with Gasteiger partial charge < -0.3 is 14.2 Å². The summed E-state index contributed by atoms with van der Waals surface area (Å²) in [5.74, 6) is 0.0797. The third kappa shape index (κ3) is 3.03. The molecular formula is C11H10Cl2O4. The summed E-state index contributed by atoms with van der Waals surface area (Å²) in [6.07, 6.45) is -1.24. The highest BCUT2D eigenvalue weighted by Gasteiger charge is 2.32. The summed E-state index contributed by atoms with van der Waals surface area (Å²) in [5, 5.41) is 0.925. The number of rotatable bonds is 3. The van der Waals surface area contributed by atoms with E-state index in [1.165, 1.54) is 0 Å². The largest absolute Gasteiger partial charge is 0.485 e. The molecule has 1 saturated heterocycles. The van der Waals surface area contributed by atoms with E-state index in [0.717, 1.165) is 0 Å². The van der Waals surface area contributed by atoms with Crippen LogP contribution in [0.4, 0.5) is 0 Å². The van der Waals surface area contributed by atoms with Crippen LogP contribution in [0.3, 0.4) is 0 Å². The van der Waals surface area contributed by atoms with Crippen molar-refractivity contribution in [3.63, 3.8) is 0 Å². The average Bonchev–Trinajstić information content (AvgIpc) is 2.57. The molecule has 0 bridgehead atoms. The van der Waals surface area contributed by atoms with E-state index in [9.17, 15) is 4.79 Å². The van der Waals surface area contributed by atoms with Gasteiger partial charge in [0.15, 0.2) is 12.7 Å². The maximum absolute atomic E-state index is 11.1. The van der Waals surface area contributed by atoms with Crippen LogP contribution in [0.5, 0.6) is 5.75 Å². The number of hydrogen-bond acceptors (Lipinski definition) is 4. The van der Waals surface area contributed by atoms with Gasteiger partial charge in [0.1, 0.15) is 5.75 Å². The lowest BCUT2D eigenvalue weighted by molar-refractivity contribution is -0.145. The summed E-state index contributed by atoms with van der Waals surface area (Å²) in [4.78, 5) is 11.1. The molecule has 1 aliphatic heterocycles. The highest BCUT2D eigenvalue weighted by Crippen LogP contribution is 2.28. The van der Waals surface area contributed by atoms with Crippen molar-refractivity contribution in [2.45, 2.75) is 19.3 Å². The van der Waals surface area contributed by atoms with Crippen LogP contribution in [-0.4, -0.2) is 25.0 Å². The second kappa shape index (κ2) is 5.12. The van der Waals surface area contributed by atoms with E-state index in [1.807, 2.05) is 0 Å². The number of benzene rings is 1. The first-order chi connectivity index (χ1) is 8.06. The number of carbonyl (C=O) groups excluding carboxylic acids is 1. The number of hydrogen-bond donors (Lipinski definition) is 0. The Morgan fingerprint density at radius 2 is 2.18 bits per heavy atom. The highest BCUT2D eigenvalue weighted by molar-refractivity contribution is 6.35. The SMILES string of the molecule is CC1OC(COc2ccc(Cl)cc2Cl)OC1=O. The number of carbonyl (C=O) groups is 1. The summed E-state index contributed by atoms with van der Waals surface area (Å²) < 4.78 is 15.5. The molecule has 4 nitrogen and oxygen atoms in total. The zero-order chi connectivity index (χ0) is 12.4. The standard InChI is InChI=1S/C11H10Cl2O4/c1-6-11(14)17-10(16-6)5-15-9-3-2-7(12)4-8(9)13/h2-4,6,10H,5H2,1H3. The second-order valence-electron chi connectivity index (χ2n) is 3.53. The zero-order valence-corrected chi connectivity index (χ0v) is 10.5. The topological polar surface area (TPSA) is 44.8 Å². The quantitative estimate of drug-likeness (QED) is 0.797. The minimum atomic E-state index is -0.691. The van der Waals surface area contributed by atoms with Crippen molar-refractivity contribution < 1.29 is 19.0 Å². The smallest absolute Gasteiger partial charge is 0.337 e. The number of esters is 1. The Morgan fingerprint density at radius 3 is 2.76 bits per heavy atom. The predicted octanol–water partition coefficient (Wildman–Crippen LogP) is 2.66. The molecule has 1 aromatic rings. The maximum Gasteiger partial charge on any atom is 0.337 e. The Hall–Kier alpha value is -0.970. The van der Waals surface area contributed by atoms with Crippen molar-refractivity contribution in [3.8, 4) is 5.75 Å². The van der Waals surface area contributed by atoms with Crippen molar-refractivity contribution in [2.75, 3.05) is 6.61 Å². The molecule has 0 radical (unpaired) electrons. The van der Waals surface area contributed by atoms with Gasteiger partial charge in [0, 0.05) is 5.02 Å². The molecule has 1 heterocycles. The van der Waals surface area contributed by atoms with E-state index in [2.05, 4.69) is 0 Å². The Labute approximate surface area is 108 Å². The molecule has 0 aromatic heterocycles. The summed E-state index contributed by atoms with van der Waals surface area (Å²) in [7, 11) is 0. The Kier molecular flexibility index (Phi) is 3.76. The van der Waals surface area contributed by atoms with Crippen LogP contribution in [0.25, 0.3) is 0 Å². The van der Waals surface area contributed by atoms with Crippen LogP contribution in [0.2, 0.25) is 10.0 Å². The second-order valence-corrected chi connectivity index (χ2v) is 4.37. The lowest BCUT2D eigenvalue weighted by Crippen LogP contribution is -2.19. The van der Waals surface area contributed by atoms with Gasteiger partial charge in [-0.15, -0.1) is 0 Å². The van der Waals surface area contributed by atoms with Gasteiger partial charge in [-0.2, -0.15) is 0 Å². The number of ether oxygens (including phenoxy) is 3. The van der Waals surface area contributed by atoms with Crippen molar-refractivity contribution in [1.29, 1.82) is 0 Å². The molecule has 6 heteroatoms. The molecule has 1 fully saturated rings. The Bertz CT molecular complexity index is 435. The molecule has 0 N–H and O–H groups in total. The summed E-state index contributed by atoms with van der Waals surface area (Å²) >= 11 is 11.7. The lowest BCUT2D eigenvalue weighted by Gasteiger charge is -2.11. The molecule has 2 rings (SSSR count). The van der Waals surface area contributed by atoms with Crippen molar-refractivity contribution in [1.82, 2.24) is 0 Å².